The summed E-state index contributed by atoms with van der Waals surface area (Å²) in [6.07, 6.45) is 4.41. The summed E-state index contributed by atoms with van der Waals surface area (Å²) in [7, 11) is 4.21. The first-order valence-electron chi connectivity index (χ1n) is 6.71. The molecule has 106 valence electrons. The summed E-state index contributed by atoms with van der Waals surface area (Å²) in [6.45, 7) is 1.05. The first-order valence-corrected chi connectivity index (χ1v) is 6.71. The van der Waals surface area contributed by atoms with Gasteiger partial charge in [0, 0.05) is 24.4 Å². The minimum Gasteiger partial charge on any atom is -0.486 e. The Hall–Kier alpha value is -0.800. The molecule has 0 bridgehead atoms. The van der Waals surface area contributed by atoms with Crippen LogP contribution in [0, 0.1) is 11.7 Å². The minimum absolute atomic E-state index is 0. The normalized spacial score (nSPS) is 28.3. The highest BCUT2D eigenvalue weighted by Crippen LogP contribution is 2.48. The van der Waals surface area contributed by atoms with Gasteiger partial charge in [-0.3, -0.25) is 0 Å². The van der Waals surface area contributed by atoms with Crippen molar-refractivity contribution >= 4 is 12.4 Å². The lowest BCUT2D eigenvalue weighted by molar-refractivity contribution is 0.0408. The summed E-state index contributed by atoms with van der Waals surface area (Å²) in [6, 6.07) is 4.91. The van der Waals surface area contributed by atoms with Crippen molar-refractivity contribution in [3.8, 4) is 5.75 Å². The van der Waals surface area contributed by atoms with Gasteiger partial charge in [-0.1, -0.05) is 0 Å². The molecule has 0 radical (unpaired) electrons. The number of halogens is 2. The molecule has 19 heavy (non-hydrogen) atoms. The van der Waals surface area contributed by atoms with Crippen molar-refractivity contribution in [2.45, 2.75) is 31.3 Å². The Morgan fingerprint density at radius 2 is 2.21 bits per heavy atom. The molecule has 0 unspecified atom stereocenters. The number of hydrogen-bond donors (Lipinski definition) is 0. The van der Waals surface area contributed by atoms with E-state index in [4.69, 9.17) is 4.74 Å². The fraction of sp³-hybridized carbons (Fsp3) is 0.600. The van der Waals surface area contributed by atoms with Crippen LogP contribution in [0.2, 0.25) is 0 Å². The van der Waals surface area contributed by atoms with Gasteiger partial charge in [0.1, 0.15) is 17.2 Å². The van der Waals surface area contributed by atoms with E-state index in [9.17, 15) is 4.39 Å². The number of fused-ring (bicyclic) bond motifs is 1. The second kappa shape index (κ2) is 5.29. The summed E-state index contributed by atoms with van der Waals surface area (Å²) < 4.78 is 19.5. The van der Waals surface area contributed by atoms with Crippen LogP contribution in [0.25, 0.3) is 0 Å². The Labute approximate surface area is 120 Å². The summed E-state index contributed by atoms with van der Waals surface area (Å²) in [5.74, 6) is 1.29. The third kappa shape index (κ3) is 2.59. The summed E-state index contributed by atoms with van der Waals surface area (Å²) in [5, 5.41) is 0. The third-order valence-electron chi connectivity index (χ3n) is 4.31. The van der Waals surface area contributed by atoms with E-state index in [0.29, 0.717) is 5.92 Å². The number of nitrogens with zero attached hydrogens (tertiary/aromatic N) is 1. The van der Waals surface area contributed by atoms with E-state index in [1.54, 1.807) is 12.1 Å². The average Bonchev–Trinajstić information content (AvgIpc) is 2.83. The van der Waals surface area contributed by atoms with Gasteiger partial charge in [0.2, 0.25) is 0 Å². The van der Waals surface area contributed by atoms with E-state index < -0.39 is 0 Å². The van der Waals surface area contributed by atoms with Crippen LogP contribution in [0.3, 0.4) is 0 Å². The van der Waals surface area contributed by atoms with Crippen molar-refractivity contribution in [1.82, 2.24) is 4.90 Å². The topological polar surface area (TPSA) is 12.5 Å². The van der Waals surface area contributed by atoms with Crippen LogP contribution in [0.5, 0.6) is 5.75 Å². The quantitative estimate of drug-likeness (QED) is 0.827. The molecule has 1 spiro atoms. The minimum atomic E-state index is -0.156. The Morgan fingerprint density at radius 3 is 2.95 bits per heavy atom. The van der Waals surface area contributed by atoms with E-state index in [1.807, 2.05) is 0 Å². The molecule has 3 rings (SSSR count). The van der Waals surface area contributed by atoms with Crippen LogP contribution in [-0.2, 0) is 6.42 Å². The summed E-state index contributed by atoms with van der Waals surface area (Å²) in [4.78, 5) is 2.23. The molecule has 1 aromatic carbocycles. The van der Waals surface area contributed by atoms with Gasteiger partial charge in [0.05, 0.1) is 0 Å². The molecule has 0 aromatic heterocycles. The smallest absolute Gasteiger partial charge is 0.123 e. The molecule has 1 saturated carbocycles. The van der Waals surface area contributed by atoms with Gasteiger partial charge in [0.15, 0.2) is 0 Å². The molecule has 4 heteroatoms. The lowest BCUT2D eigenvalue weighted by atomic mass is 9.86. The molecule has 2 nitrogen and oxygen atoms in total. The Bertz CT molecular complexity index is 465. The van der Waals surface area contributed by atoms with E-state index in [1.165, 1.54) is 18.9 Å². The van der Waals surface area contributed by atoms with Crippen LogP contribution in [0.4, 0.5) is 4.39 Å². The zero-order valence-corrected chi connectivity index (χ0v) is 12.3. The second-order valence-corrected chi connectivity index (χ2v) is 5.95. The van der Waals surface area contributed by atoms with Crippen molar-refractivity contribution in [1.29, 1.82) is 0 Å². The Kier molecular flexibility index (Phi) is 4.07. The molecular formula is C15H21ClFNO. The highest BCUT2D eigenvalue weighted by molar-refractivity contribution is 5.85. The lowest BCUT2D eigenvalue weighted by Gasteiger charge is -2.32. The van der Waals surface area contributed by atoms with E-state index in [0.717, 1.165) is 30.7 Å². The summed E-state index contributed by atoms with van der Waals surface area (Å²) >= 11 is 0. The van der Waals surface area contributed by atoms with Crippen LogP contribution in [-0.4, -0.2) is 31.1 Å². The maximum Gasteiger partial charge on any atom is 0.123 e. The van der Waals surface area contributed by atoms with Gasteiger partial charge in [-0.15, -0.1) is 12.4 Å². The van der Waals surface area contributed by atoms with Gasteiger partial charge in [-0.2, -0.15) is 0 Å². The monoisotopic (exact) mass is 285 g/mol. The molecule has 1 heterocycles. The molecule has 0 N–H and O–H groups in total. The molecule has 1 aliphatic carbocycles. The largest absolute Gasteiger partial charge is 0.486 e. The highest BCUT2D eigenvalue weighted by atomic mass is 35.5. The molecule has 1 aliphatic heterocycles. The fourth-order valence-corrected chi connectivity index (χ4v) is 3.54. The highest BCUT2D eigenvalue weighted by Gasteiger charge is 2.49. The first kappa shape index (κ1) is 14.6. The maximum atomic E-state index is 13.3. The standard InChI is InChI=1S/C15H20FNO.ClH/c1-17(2)10-12-4-3-7-15(12)9-11-8-13(16)5-6-14(11)18-15;/h5-6,8,12H,3-4,7,9-10H2,1-2H3;1H/t12-,15+;/m1./s1. The number of rotatable bonds is 2. The molecule has 2 atom stereocenters. The van der Waals surface area contributed by atoms with Gasteiger partial charge in [0.25, 0.3) is 0 Å². The van der Waals surface area contributed by atoms with E-state index >= 15 is 0 Å². The zero-order valence-electron chi connectivity index (χ0n) is 11.5. The predicted molar refractivity (Wildman–Crippen MR) is 76.6 cm³/mol. The molecular weight excluding hydrogens is 265 g/mol. The van der Waals surface area contributed by atoms with Crippen molar-refractivity contribution in [3.63, 3.8) is 0 Å². The van der Waals surface area contributed by atoms with Crippen molar-refractivity contribution in [2.75, 3.05) is 20.6 Å². The third-order valence-corrected chi connectivity index (χ3v) is 4.31. The van der Waals surface area contributed by atoms with Crippen molar-refractivity contribution in [2.24, 2.45) is 5.92 Å². The van der Waals surface area contributed by atoms with Crippen molar-refractivity contribution in [3.05, 3.63) is 29.6 Å². The number of hydrogen-bond acceptors (Lipinski definition) is 2. The Balaban J connectivity index is 0.00000133. The molecule has 1 fully saturated rings. The zero-order chi connectivity index (χ0) is 12.8. The number of benzene rings is 1. The van der Waals surface area contributed by atoms with Gasteiger partial charge in [-0.05, 0) is 51.6 Å². The molecule has 0 saturated heterocycles. The molecule has 0 amide bonds. The van der Waals surface area contributed by atoms with Gasteiger partial charge in [-0.25, -0.2) is 4.39 Å². The molecule has 2 aliphatic rings. The average molecular weight is 286 g/mol. The maximum absolute atomic E-state index is 13.3. The SMILES string of the molecule is CN(C)C[C@H]1CCC[C@]12Cc1cc(F)ccc1O2.Cl. The van der Waals surface area contributed by atoms with Crippen LogP contribution < -0.4 is 4.74 Å². The summed E-state index contributed by atoms with van der Waals surface area (Å²) in [5.41, 5.74) is 0.973. The van der Waals surface area contributed by atoms with E-state index in [-0.39, 0.29) is 23.8 Å². The van der Waals surface area contributed by atoms with Crippen LogP contribution >= 0.6 is 12.4 Å². The molecule has 1 aromatic rings. The van der Waals surface area contributed by atoms with Crippen molar-refractivity contribution < 1.29 is 9.13 Å². The Morgan fingerprint density at radius 1 is 1.42 bits per heavy atom. The predicted octanol–water partition coefficient (Wildman–Crippen LogP) is 3.28. The van der Waals surface area contributed by atoms with Crippen LogP contribution in [0.15, 0.2) is 18.2 Å². The number of ether oxygens (including phenoxy) is 1. The van der Waals surface area contributed by atoms with E-state index in [2.05, 4.69) is 19.0 Å². The second-order valence-electron chi connectivity index (χ2n) is 5.95. The van der Waals surface area contributed by atoms with Gasteiger partial charge < -0.3 is 9.64 Å². The fourth-order valence-electron chi connectivity index (χ4n) is 3.54. The lowest BCUT2D eigenvalue weighted by Crippen LogP contribution is -2.42. The first-order chi connectivity index (χ1) is 8.59. The van der Waals surface area contributed by atoms with Gasteiger partial charge >= 0.3 is 0 Å². The van der Waals surface area contributed by atoms with Crippen LogP contribution in [0.1, 0.15) is 24.8 Å².